The van der Waals surface area contributed by atoms with Crippen LogP contribution in [-0.2, 0) is 6.18 Å². The van der Waals surface area contributed by atoms with Gasteiger partial charge in [-0.3, -0.25) is 0 Å². The molecule has 0 bridgehead atoms. The summed E-state index contributed by atoms with van der Waals surface area (Å²) in [5.41, 5.74) is -0.273. The van der Waals surface area contributed by atoms with E-state index in [1.165, 1.54) is 6.08 Å². The van der Waals surface area contributed by atoms with Gasteiger partial charge in [-0.05, 0) is 29.8 Å². The molecule has 0 unspecified atom stereocenters. The summed E-state index contributed by atoms with van der Waals surface area (Å²) in [7, 11) is 0. The van der Waals surface area contributed by atoms with Crippen LogP contribution in [0.4, 0.5) is 13.2 Å². The van der Waals surface area contributed by atoms with Gasteiger partial charge in [0.2, 0.25) is 5.88 Å². The van der Waals surface area contributed by atoms with Crippen molar-refractivity contribution in [2.75, 3.05) is 0 Å². The normalized spacial score (nSPS) is 10.3. The Balaban J connectivity index is 2.11. The maximum Gasteiger partial charge on any atom is 0.417 e. The third-order valence-electron chi connectivity index (χ3n) is 2.72. The van der Waals surface area contributed by atoms with Crippen molar-refractivity contribution < 1.29 is 17.9 Å². The molecule has 0 saturated carbocycles. The van der Waals surface area contributed by atoms with Gasteiger partial charge in [-0.2, -0.15) is 23.7 Å². The van der Waals surface area contributed by atoms with Crippen molar-refractivity contribution in [3.05, 3.63) is 59.3 Å². The van der Waals surface area contributed by atoms with Crippen molar-refractivity contribution in [3.63, 3.8) is 0 Å². The zero-order valence-corrected chi connectivity index (χ0v) is 11.5. The van der Waals surface area contributed by atoms with Crippen LogP contribution in [0.15, 0.2) is 48.2 Å². The van der Waals surface area contributed by atoms with Crippen LogP contribution in [0.1, 0.15) is 11.1 Å². The van der Waals surface area contributed by atoms with Crippen LogP contribution in [-0.4, -0.2) is 4.98 Å². The molecule has 0 radical (unpaired) electrons. The number of alkyl halides is 3. The standard InChI is InChI=1S/C16H8F3N3O/c17-16(18,19)13-3-6-15(22-10-13)23-14-4-1-11(2-5-14)7-12(8-20)9-21/h1-7,10H. The smallest absolute Gasteiger partial charge is 0.417 e. The molecule has 2 aromatic rings. The van der Waals surface area contributed by atoms with Gasteiger partial charge in [0.05, 0.1) is 5.56 Å². The number of hydrogen-bond acceptors (Lipinski definition) is 4. The fraction of sp³-hybridized carbons (Fsp3) is 0.0625. The number of nitriles is 2. The largest absolute Gasteiger partial charge is 0.439 e. The van der Waals surface area contributed by atoms with E-state index in [2.05, 4.69) is 4.98 Å². The summed E-state index contributed by atoms with van der Waals surface area (Å²) in [5.74, 6) is 0.390. The Morgan fingerprint density at radius 3 is 2.17 bits per heavy atom. The fourth-order valence-electron chi connectivity index (χ4n) is 1.62. The molecule has 0 saturated heterocycles. The van der Waals surface area contributed by atoms with Gasteiger partial charge in [0, 0.05) is 12.3 Å². The Labute approximate surface area is 129 Å². The first-order valence-electron chi connectivity index (χ1n) is 6.25. The van der Waals surface area contributed by atoms with E-state index in [9.17, 15) is 13.2 Å². The number of benzene rings is 1. The van der Waals surface area contributed by atoms with Crippen molar-refractivity contribution in [2.45, 2.75) is 6.18 Å². The number of rotatable bonds is 3. The predicted molar refractivity (Wildman–Crippen MR) is 75.0 cm³/mol. The molecule has 4 nitrogen and oxygen atoms in total. The van der Waals surface area contributed by atoms with E-state index in [1.54, 1.807) is 36.4 Å². The zero-order valence-electron chi connectivity index (χ0n) is 11.5. The Morgan fingerprint density at radius 2 is 1.70 bits per heavy atom. The number of hydrogen-bond donors (Lipinski definition) is 0. The Morgan fingerprint density at radius 1 is 1.04 bits per heavy atom. The lowest BCUT2D eigenvalue weighted by Crippen LogP contribution is -2.05. The molecule has 1 aromatic carbocycles. The SMILES string of the molecule is N#CC(C#N)=Cc1ccc(Oc2ccc(C(F)(F)F)cn2)cc1. The monoisotopic (exact) mass is 315 g/mol. The third-order valence-corrected chi connectivity index (χ3v) is 2.72. The van der Waals surface area contributed by atoms with E-state index in [1.807, 2.05) is 0 Å². The number of allylic oxidation sites excluding steroid dienone is 1. The highest BCUT2D eigenvalue weighted by molar-refractivity contribution is 5.62. The summed E-state index contributed by atoms with van der Waals surface area (Å²) >= 11 is 0. The molecule has 0 spiro atoms. The summed E-state index contributed by atoms with van der Waals surface area (Å²) in [4.78, 5) is 3.60. The number of pyridine rings is 1. The number of nitrogens with zero attached hydrogens (tertiary/aromatic N) is 3. The first kappa shape index (κ1) is 16.1. The van der Waals surface area contributed by atoms with Gasteiger partial charge < -0.3 is 4.74 Å². The highest BCUT2D eigenvalue weighted by Gasteiger charge is 2.30. The molecule has 0 aliphatic heterocycles. The van der Waals surface area contributed by atoms with E-state index < -0.39 is 11.7 Å². The quantitative estimate of drug-likeness (QED) is 0.791. The minimum Gasteiger partial charge on any atom is -0.439 e. The Bertz CT molecular complexity index is 779. The molecular formula is C16H8F3N3O. The van der Waals surface area contributed by atoms with Gasteiger partial charge in [-0.1, -0.05) is 12.1 Å². The molecule has 114 valence electrons. The van der Waals surface area contributed by atoms with Gasteiger partial charge in [0.15, 0.2) is 0 Å². The minimum atomic E-state index is -4.45. The van der Waals surface area contributed by atoms with Gasteiger partial charge in [0.1, 0.15) is 23.5 Å². The summed E-state index contributed by atoms with van der Waals surface area (Å²) < 4.78 is 42.6. The molecule has 1 aromatic heterocycles. The minimum absolute atomic E-state index is 0.0241. The van der Waals surface area contributed by atoms with Crippen molar-refractivity contribution in [3.8, 4) is 23.8 Å². The second kappa shape index (κ2) is 6.63. The molecular weight excluding hydrogens is 307 g/mol. The van der Waals surface area contributed by atoms with Crippen LogP contribution in [0.5, 0.6) is 11.6 Å². The van der Waals surface area contributed by atoms with Gasteiger partial charge >= 0.3 is 6.18 Å². The molecule has 2 rings (SSSR count). The third kappa shape index (κ3) is 4.32. The van der Waals surface area contributed by atoms with Crippen LogP contribution in [0, 0.1) is 22.7 Å². The van der Waals surface area contributed by atoms with Crippen molar-refractivity contribution >= 4 is 6.08 Å². The summed E-state index contributed by atoms with van der Waals surface area (Å²) in [6.07, 6.45) is -2.35. The molecule has 0 atom stereocenters. The average Bonchev–Trinajstić information content (AvgIpc) is 2.54. The van der Waals surface area contributed by atoms with Crippen LogP contribution in [0.3, 0.4) is 0 Å². The van der Waals surface area contributed by atoms with Crippen LogP contribution in [0.2, 0.25) is 0 Å². The summed E-state index contributed by atoms with van der Waals surface area (Å²) in [5, 5.41) is 17.3. The van der Waals surface area contributed by atoms with Gasteiger partial charge in [0.25, 0.3) is 0 Å². The Hall–Kier alpha value is -3.32. The molecule has 7 heteroatoms. The zero-order chi connectivity index (χ0) is 16.9. The van der Waals surface area contributed by atoms with Crippen molar-refractivity contribution in [1.29, 1.82) is 10.5 Å². The lowest BCUT2D eigenvalue weighted by molar-refractivity contribution is -0.137. The van der Waals surface area contributed by atoms with Crippen molar-refractivity contribution in [1.82, 2.24) is 4.98 Å². The molecule has 0 amide bonds. The first-order chi connectivity index (χ1) is 10.9. The van der Waals surface area contributed by atoms with E-state index in [4.69, 9.17) is 15.3 Å². The van der Waals surface area contributed by atoms with Gasteiger partial charge in [-0.25, -0.2) is 4.98 Å². The lowest BCUT2D eigenvalue weighted by Gasteiger charge is -2.08. The highest BCUT2D eigenvalue weighted by Crippen LogP contribution is 2.30. The topological polar surface area (TPSA) is 69.7 Å². The maximum atomic E-state index is 12.4. The van der Waals surface area contributed by atoms with E-state index in [0.717, 1.165) is 12.1 Å². The number of ether oxygens (including phenoxy) is 1. The van der Waals surface area contributed by atoms with Crippen molar-refractivity contribution in [2.24, 2.45) is 0 Å². The first-order valence-corrected chi connectivity index (χ1v) is 6.25. The highest BCUT2D eigenvalue weighted by atomic mass is 19.4. The fourth-order valence-corrected chi connectivity index (χ4v) is 1.62. The maximum absolute atomic E-state index is 12.4. The van der Waals surface area contributed by atoms with Gasteiger partial charge in [-0.15, -0.1) is 0 Å². The molecule has 0 aliphatic carbocycles. The van der Waals surface area contributed by atoms with Crippen LogP contribution in [0.25, 0.3) is 6.08 Å². The average molecular weight is 315 g/mol. The Kier molecular flexibility index (Phi) is 4.63. The predicted octanol–water partition coefficient (Wildman–Crippen LogP) is 4.32. The molecule has 0 N–H and O–H groups in total. The lowest BCUT2D eigenvalue weighted by atomic mass is 10.1. The second-order valence-electron chi connectivity index (χ2n) is 4.34. The molecule has 0 aliphatic rings. The molecule has 1 heterocycles. The van der Waals surface area contributed by atoms with Crippen LogP contribution >= 0.6 is 0 Å². The van der Waals surface area contributed by atoms with E-state index in [0.29, 0.717) is 17.5 Å². The van der Waals surface area contributed by atoms with E-state index >= 15 is 0 Å². The summed E-state index contributed by atoms with van der Waals surface area (Å²) in [6, 6.07) is 11.8. The number of aromatic nitrogens is 1. The van der Waals surface area contributed by atoms with E-state index in [-0.39, 0.29) is 11.5 Å². The number of halogens is 3. The summed E-state index contributed by atoms with van der Waals surface area (Å²) in [6.45, 7) is 0. The second-order valence-corrected chi connectivity index (χ2v) is 4.34. The molecule has 23 heavy (non-hydrogen) atoms. The molecule has 0 fully saturated rings. The van der Waals surface area contributed by atoms with Crippen LogP contribution < -0.4 is 4.74 Å².